The van der Waals surface area contributed by atoms with Gasteiger partial charge in [-0.3, -0.25) is 4.79 Å². The predicted molar refractivity (Wildman–Crippen MR) is 61.6 cm³/mol. The zero-order valence-corrected chi connectivity index (χ0v) is 10.4. The lowest BCUT2D eigenvalue weighted by atomic mass is 10.1. The van der Waals surface area contributed by atoms with Crippen molar-refractivity contribution in [1.82, 2.24) is 0 Å². The van der Waals surface area contributed by atoms with Crippen LogP contribution in [0.3, 0.4) is 0 Å². The number of rotatable bonds is 2. The maximum atomic E-state index is 13.4. The van der Waals surface area contributed by atoms with Gasteiger partial charge in [0.2, 0.25) is 5.91 Å². The van der Waals surface area contributed by atoms with Crippen LogP contribution in [0.25, 0.3) is 0 Å². The van der Waals surface area contributed by atoms with Crippen molar-refractivity contribution >= 4 is 27.5 Å². The first kappa shape index (κ1) is 12.4. The molecule has 92 valence electrons. The molecule has 0 radical (unpaired) electrons. The van der Waals surface area contributed by atoms with Gasteiger partial charge in [-0.2, -0.15) is 0 Å². The summed E-state index contributed by atoms with van der Waals surface area (Å²) in [4.78, 5) is 11.7. The molecule has 3 nitrogen and oxygen atoms in total. The molecule has 2 rings (SSSR count). The van der Waals surface area contributed by atoms with Gasteiger partial charge in [-0.25, -0.2) is 8.78 Å². The summed E-state index contributed by atoms with van der Waals surface area (Å²) in [5, 5.41) is 2.37. The average molecular weight is 306 g/mol. The zero-order valence-electron chi connectivity index (χ0n) is 8.80. The van der Waals surface area contributed by atoms with Crippen molar-refractivity contribution in [3.8, 4) is 0 Å². The second-order valence-corrected chi connectivity index (χ2v) is 4.65. The number of amides is 1. The first-order chi connectivity index (χ1) is 8.08. The predicted octanol–water partition coefficient (Wildman–Crippen LogP) is 2.70. The fraction of sp³-hybridized carbons (Fsp3) is 0.364. The molecule has 1 heterocycles. The maximum absolute atomic E-state index is 13.4. The maximum Gasteiger partial charge on any atom is 0.229 e. The second-order valence-electron chi connectivity index (χ2n) is 3.80. The third-order valence-corrected chi connectivity index (χ3v) is 3.18. The number of carbonyl (C=O) groups is 1. The summed E-state index contributed by atoms with van der Waals surface area (Å²) >= 11 is 2.86. The van der Waals surface area contributed by atoms with E-state index in [9.17, 15) is 13.6 Å². The molecule has 1 aliphatic rings. The summed E-state index contributed by atoms with van der Waals surface area (Å²) in [6.45, 7) is 0.849. The van der Waals surface area contributed by atoms with Crippen LogP contribution in [0.4, 0.5) is 14.5 Å². The minimum atomic E-state index is -0.675. The van der Waals surface area contributed by atoms with Crippen molar-refractivity contribution in [1.29, 1.82) is 0 Å². The Kier molecular flexibility index (Phi) is 3.73. The second kappa shape index (κ2) is 5.10. The van der Waals surface area contributed by atoms with Gasteiger partial charge in [-0.15, -0.1) is 0 Å². The van der Waals surface area contributed by atoms with Crippen LogP contribution in [0.15, 0.2) is 16.6 Å². The smallest absolute Gasteiger partial charge is 0.229 e. The SMILES string of the molecule is O=C(Nc1cc(F)c(Br)cc1F)C1CCOC1. The first-order valence-electron chi connectivity index (χ1n) is 5.11. The molecule has 0 bridgehead atoms. The molecule has 1 aliphatic heterocycles. The quantitative estimate of drug-likeness (QED) is 0.853. The van der Waals surface area contributed by atoms with Crippen molar-refractivity contribution < 1.29 is 18.3 Å². The molecule has 1 fully saturated rings. The number of ether oxygens (including phenoxy) is 1. The molecule has 6 heteroatoms. The molecule has 0 aromatic heterocycles. The van der Waals surface area contributed by atoms with Crippen LogP contribution in [-0.2, 0) is 9.53 Å². The van der Waals surface area contributed by atoms with E-state index >= 15 is 0 Å². The Bertz CT molecular complexity index is 447. The molecule has 0 spiro atoms. The lowest BCUT2D eigenvalue weighted by molar-refractivity contribution is -0.119. The highest BCUT2D eigenvalue weighted by molar-refractivity contribution is 9.10. The van der Waals surface area contributed by atoms with Crippen LogP contribution in [0.2, 0.25) is 0 Å². The number of benzene rings is 1. The minimum absolute atomic E-state index is 0.0252. The van der Waals surface area contributed by atoms with Crippen molar-refractivity contribution in [2.75, 3.05) is 18.5 Å². The molecule has 1 atom stereocenters. The Labute approximate surface area is 105 Å². The van der Waals surface area contributed by atoms with Gasteiger partial charge >= 0.3 is 0 Å². The number of carbonyl (C=O) groups excluding carboxylic acids is 1. The number of nitrogens with one attached hydrogen (secondary N) is 1. The van der Waals surface area contributed by atoms with Gasteiger partial charge in [-0.1, -0.05) is 0 Å². The van der Waals surface area contributed by atoms with Crippen molar-refractivity contribution in [3.63, 3.8) is 0 Å². The average Bonchev–Trinajstić information content (AvgIpc) is 2.79. The summed E-state index contributed by atoms with van der Waals surface area (Å²) in [6.07, 6.45) is 0.604. The number of hydrogen-bond donors (Lipinski definition) is 1. The van der Waals surface area contributed by atoms with E-state index in [0.717, 1.165) is 12.1 Å². The van der Waals surface area contributed by atoms with Crippen molar-refractivity contribution in [3.05, 3.63) is 28.2 Å². The number of anilines is 1. The molecular weight excluding hydrogens is 296 g/mol. The molecule has 1 aromatic carbocycles. The van der Waals surface area contributed by atoms with Crippen LogP contribution in [0, 0.1) is 17.6 Å². The summed E-state index contributed by atoms with van der Waals surface area (Å²) in [5.74, 6) is -1.93. The molecule has 17 heavy (non-hydrogen) atoms. The third-order valence-electron chi connectivity index (χ3n) is 2.57. The molecule has 0 aliphatic carbocycles. The van der Waals surface area contributed by atoms with Crippen LogP contribution in [0.1, 0.15) is 6.42 Å². The topological polar surface area (TPSA) is 38.3 Å². The van der Waals surface area contributed by atoms with E-state index in [-0.39, 0.29) is 22.0 Å². The van der Waals surface area contributed by atoms with Gasteiger partial charge in [0.1, 0.15) is 11.6 Å². The lowest BCUT2D eigenvalue weighted by Crippen LogP contribution is -2.23. The molecule has 1 aromatic rings. The van der Waals surface area contributed by atoms with Crippen molar-refractivity contribution in [2.45, 2.75) is 6.42 Å². The van der Waals surface area contributed by atoms with E-state index in [0.29, 0.717) is 19.6 Å². The molecule has 0 saturated carbocycles. The Balaban J connectivity index is 2.12. The van der Waals surface area contributed by atoms with E-state index in [1.807, 2.05) is 0 Å². The van der Waals surface area contributed by atoms with Crippen LogP contribution < -0.4 is 5.32 Å². The van der Waals surface area contributed by atoms with Crippen LogP contribution >= 0.6 is 15.9 Å². The van der Waals surface area contributed by atoms with Crippen molar-refractivity contribution in [2.24, 2.45) is 5.92 Å². The van der Waals surface area contributed by atoms with Gasteiger partial charge in [0.15, 0.2) is 0 Å². The highest BCUT2D eigenvalue weighted by Crippen LogP contribution is 2.24. The zero-order chi connectivity index (χ0) is 12.4. The molecular formula is C11H10BrF2NO2. The Morgan fingerprint density at radius 2 is 2.18 bits per heavy atom. The highest BCUT2D eigenvalue weighted by atomic mass is 79.9. The fourth-order valence-electron chi connectivity index (χ4n) is 1.59. The highest BCUT2D eigenvalue weighted by Gasteiger charge is 2.24. The normalized spacial score (nSPS) is 19.4. The summed E-state index contributed by atoms with van der Waals surface area (Å²) < 4.78 is 31.7. The molecule has 1 N–H and O–H groups in total. The van der Waals surface area contributed by atoms with Gasteiger partial charge in [0, 0.05) is 12.7 Å². The van der Waals surface area contributed by atoms with E-state index in [2.05, 4.69) is 21.2 Å². The third kappa shape index (κ3) is 2.81. The van der Waals surface area contributed by atoms with E-state index in [1.54, 1.807) is 0 Å². The largest absolute Gasteiger partial charge is 0.381 e. The van der Waals surface area contributed by atoms with Gasteiger partial charge in [-0.05, 0) is 28.4 Å². The number of hydrogen-bond acceptors (Lipinski definition) is 2. The number of halogens is 3. The molecule has 1 amide bonds. The minimum Gasteiger partial charge on any atom is -0.381 e. The molecule has 1 saturated heterocycles. The van der Waals surface area contributed by atoms with Crippen LogP contribution in [0.5, 0.6) is 0 Å². The Morgan fingerprint density at radius 1 is 1.41 bits per heavy atom. The van der Waals surface area contributed by atoms with E-state index in [1.165, 1.54) is 0 Å². The summed E-state index contributed by atoms with van der Waals surface area (Å²) in [5.41, 5.74) is -0.150. The summed E-state index contributed by atoms with van der Waals surface area (Å²) in [7, 11) is 0. The fourth-order valence-corrected chi connectivity index (χ4v) is 1.91. The Morgan fingerprint density at radius 3 is 2.82 bits per heavy atom. The van der Waals surface area contributed by atoms with Crippen LogP contribution in [-0.4, -0.2) is 19.1 Å². The Hall–Kier alpha value is -1.01. The summed E-state index contributed by atoms with van der Waals surface area (Å²) in [6, 6.07) is 1.93. The van der Waals surface area contributed by atoms with E-state index < -0.39 is 11.6 Å². The van der Waals surface area contributed by atoms with Gasteiger partial charge < -0.3 is 10.1 Å². The van der Waals surface area contributed by atoms with E-state index in [4.69, 9.17) is 4.74 Å². The standard InChI is InChI=1S/C11H10BrF2NO2/c12-7-3-9(14)10(4-8(7)13)15-11(16)6-1-2-17-5-6/h3-4,6H,1-2,5H2,(H,15,16). The van der Waals surface area contributed by atoms with Gasteiger partial charge in [0.25, 0.3) is 0 Å². The monoisotopic (exact) mass is 305 g/mol. The first-order valence-corrected chi connectivity index (χ1v) is 5.90. The lowest BCUT2D eigenvalue weighted by Gasteiger charge is -2.10. The van der Waals surface area contributed by atoms with Gasteiger partial charge in [0.05, 0.1) is 22.7 Å². The molecule has 1 unspecified atom stereocenters.